The number of anilines is 3. The molecule has 0 saturated heterocycles. The molecule has 3 rings (SSSR count). The smallest absolute Gasteiger partial charge is 0.384 e. The predicted molar refractivity (Wildman–Crippen MR) is 79.3 cm³/mol. The van der Waals surface area contributed by atoms with Crippen molar-refractivity contribution in [3.05, 3.63) is 52.6 Å². The molecule has 9 heteroatoms. The number of rotatable bonds is 2. The quantitative estimate of drug-likeness (QED) is 0.674. The van der Waals surface area contributed by atoms with E-state index in [0.29, 0.717) is 0 Å². The number of nitrogens with one attached hydrogen (secondary N) is 2. The van der Waals surface area contributed by atoms with E-state index < -0.39 is 17.3 Å². The number of nitrogen functional groups attached to an aromatic ring is 1. The van der Waals surface area contributed by atoms with Gasteiger partial charge in [0.2, 0.25) is 0 Å². The molecule has 6 nitrogen and oxygen atoms in total. The summed E-state index contributed by atoms with van der Waals surface area (Å²) in [5, 5.41) is 2.80. The number of nitrogens with two attached hydrogens (primary N) is 1. The number of nitrogens with zero attached hydrogens (tertiary/aromatic N) is 2. The Morgan fingerprint density at radius 2 is 2.00 bits per heavy atom. The van der Waals surface area contributed by atoms with Crippen LogP contribution in [0, 0.1) is 0 Å². The minimum absolute atomic E-state index is 0.0358. The number of alkyl halides is 3. The van der Waals surface area contributed by atoms with E-state index in [2.05, 4.69) is 20.3 Å². The molecule has 0 spiro atoms. The maximum Gasteiger partial charge on any atom is 0.416 e. The standard InChI is InChI=1S/C14H10F3N5O/c15-14(16,17)7-2-1-3-8(4-7)21-12-11-9(5-10(18)22-12)19-6-20-13(11)23/h1-6H,(H3,18,21,22)(H,19,20,23). The average Bonchev–Trinajstić information content (AvgIpc) is 2.46. The summed E-state index contributed by atoms with van der Waals surface area (Å²) in [5.74, 6) is 0.124. The van der Waals surface area contributed by atoms with Gasteiger partial charge in [0.15, 0.2) is 0 Å². The minimum Gasteiger partial charge on any atom is -0.384 e. The van der Waals surface area contributed by atoms with Gasteiger partial charge in [0.25, 0.3) is 5.56 Å². The first kappa shape index (κ1) is 14.8. The topological polar surface area (TPSA) is 96.7 Å². The van der Waals surface area contributed by atoms with Crippen LogP contribution in [0.1, 0.15) is 5.56 Å². The van der Waals surface area contributed by atoms with Crippen LogP contribution >= 0.6 is 0 Å². The third kappa shape index (κ3) is 2.93. The van der Waals surface area contributed by atoms with Crippen LogP contribution in [0.4, 0.5) is 30.5 Å². The van der Waals surface area contributed by atoms with Gasteiger partial charge in [-0.3, -0.25) is 4.79 Å². The van der Waals surface area contributed by atoms with Crippen LogP contribution in [0.15, 0.2) is 41.5 Å². The zero-order chi connectivity index (χ0) is 16.6. The molecule has 0 fully saturated rings. The van der Waals surface area contributed by atoms with Crippen LogP contribution in [-0.2, 0) is 6.18 Å². The van der Waals surface area contributed by atoms with Crippen LogP contribution in [0.2, 0.25) is 0 Å². The summed E-state index contributed by atoms with van der Waals surface area (Å²) in [5.41, 5.74) is 4.77. The monoisotopic (exact) mass is 321 g/mol. The highest BCUT2D eigenvalue weighted by atomic mass is 19.4. The van der Waals surface area contributed by atoms with Crippen molar-refractivity contribution in [2.24, 2.45) is 0 Å². The van der Waals surface area contributed by atoms with Crippen molar-refractivity contribution in [2.75, 3.05) is 11.1 Å². The maximum absolute atomic E-state index is 12.8. The van der Waals surface area contributed by atoms with Crippen molar-refractivity contribution >= 4 is 28.2 Å². The molecular weight excluding hydrogens is 311 g/mol. The van der Waals surface area contributed by atoms with Gasteiger partial charge >= 0.3 is 6.18 Å². The highest BCUT2D eigenvalue weighted by molar-refractivity contribution is 5.91. The second-order valence-corrected chi connectivity index (χ2v) is 4.73. The molecule has 0 aliphatic carbocycles. The number of aromatic nitrogens is 3. The molecule has 0 atom stereocenters. The van der Waals surface area contributed by atoms with Crippen molar-refractivity contribution < 1.29 is 13.2 Å². The van der Waals surface area contributed by atoms with Gasteiger partial charge in [0.1, 0.15) is 17.0 Å². The van der Waals surface area contributed by atoms with E-state index in [-0.39, 0.29) is 28.2 Å². The fourth-order valence-electron chi connectivity index (χ4n) is 2.11. The molecule has 0 unspecified atom stereocenters. The number of H-pyrrole nitrogens is 1. The third-order valence-corrected chi connectivity index (χ3v) is 3.10. The van der Waals surface area contributed by atoms with E-state index in [9.17, 15) is 18.0 Å². The van der Waals surface area contributed by atoms with E-state index in [0.717, 1.165) is 12.1 Å². The first-order valence-electron chi connectivity index (χ1n) is 6.43. The molecule has 0 aliphatic heterocycles. The van der Waals surface area contributed by atoms with Crippen LogP contribution in [0.5, 0.6) is 0 Å². The summed E-state index contributed by atoms with van der Waals surface area (Å²) < 4.78 is 38.3. The Balaban J connectivity index is 2.11. The fourth-order valence-corrected chi connectivity index (χ4v) is 2.11. The molecule has 1 aromatic carbocycles. The lowest BCUT2D eigenvalue weighted by Gasteiger charge is -2.11. The number of halogens is 3. The summed E-state index contributed by atoms with van der Waals surface area (Å²) in [6, 6.07) is 5.95. The van der Waals surface area contributed by atoms with E-state index in [4.69, 9.17) is 5.73 Å². The Morgan fingerprint density at radius 3 is 2.74 bits per heavy atom. The second kappa shape index (κ2) is 5.27. The normalized spacial score (nSPS) is 11.6. The largest absolute Gasteiger partial charge is 0.416 e. The Bertz CT molecular complexity index is 936. The van der Waals surface area contributed by atoms with E-state index >= 15 is 0 Å². The van der Waals surface area contributed by atoms with Gasteiger partial charge in [0, 0.05) is 11.8 Å². The van der Waals surface area contributed by atoms with Crippen molar-refractivity contribution in [1.29, 1.82) is 0 Å². The van der Waals surface area contributed by atoms with Gasteiger partial charge < -0.3 is 16.0 Å². The summed E-state index contributed by atoms with van der Waals surface area (Å²) in [6.07, 6.45) is -3.26. The Labute approximate surface area is 127 Å². The first-order valence-corrected chi connectivity index (χ1v) is 6.43. The Morgan fingerprint density at radius 1 is 1.22 bits per heavy atom. The van der Waals surface area contributed by atoms with Crippen LogP contribution < -0.4 is 16.6 Å². The fraction of sp³-hybridized carbons (Fsp3) is 0.0714. The lowest BCUT2D eigenvalue weighted by molar-refractivity contribution is -0.137. The number of aromatic amines is 1. The summed E-state index contributed by atoms with van der Waals surface area (Å²) in [6.45, 7) is 0. The van der Waals surface area contributed by atoms with Crippen molar-refractivity contribution in [3.8, 4) is 0 Å². The second-order valence-electron chi connectivity index (χ2n) is 4.73. The van der Waals surface area contributed by atoms with Crippen LogP contribution in [0.3, 0.4) is 0 Å². The molecule has 0 saturated carbocycles. The van der Waals surface area contributed by atoms with E-state index in [1.165, 1.54) is 24.5 Å². The molecule has 23 heavy (non-hydrogen) atoms. The van der Waals surface area contributed by atoms with Crippen molar-refractivity contribution in [1.82, 2.24) is 15.0 Å². The zero-order valence-electron chi connectivity index (χ0n) is 11.5. The molecule has 118 valence electrons. The van der Waals surface area contributed by atoms with E-state index in [1.807, 2.05) is 0 Å². The van der Waals surface area contributed by atoms with Crippen molar-refractivity contribution in [3.63, 3.8) is 0 Å². The van der Waals surface area contributed by atoms with Crippen LogP contribution in [-0.4, -0.2) is 15.0 Å². The maximum atomic E-state index is 12.8. The summed E-state index contributed by atoms with van der Waals surface area (Å²) in [7, 11) is 0. The summed E-state index contributed by atoms with van der Waals surface area (Å²) >= 11 is 0. The van der Waals surface area contributed by atoms with Gasteiger partial charge in [0.05, 0.1) is 17.4 Å². The molecule has 0 aliphatic rings. The number of benzene rings is 1. The molecule has 0 radical (unpaired) electrons. The molecule has 2 aromatic heterocycles. The van der Waals surface area contributed by atoms with E-state index in [1.54, 1.807) is 0 Å². The first-order chi connectivity index (χ1) is 10.8. The molecule has 2 heterocycles. The molecule has 4 N–H and O–H groups in total. The van der Waals surface area contributed by atoms with Gasteiger partial charge in [-0.1, -0.05) is 6.07 Å². The zero-order valence-corrected chi connectivity index (χ0v) is 11.5. The van der Waals surface area contributed by atoms with Crippen LogP contribution in [0.25, 0.3) is 10.9 Å². The molecule has 3 aromatic rings. The number of pyridine rings is 1. The highest BCUT2D eigenvalue weighted by Gasteiger charge is 2.30. The average molecular weight is 321 g/mol. The third-order valence-electron chi connectivity index (χ3n) is 3.10. The molecule has 0 bridgehead atoms. The lowest BCUT2D eigenvalue weighted by Crippen LogP contribution is -2.11. The van der Waals surface area contributed by atoms with Gasteiger partial charge in [-0.25, -0.2) is 9.97 Å². The Hall–Kier alpha value is -3.10. The van der Waals surface area contributed by atoms with Gasteiger partial charge in [-0.2, -0.15) is 13.2 Å². The lowest BCUT2D eigenvalue weighted by atomic mass is 10.2. The highest BCUT2D eigenvalue weighted by Crippen LogP contribution is 2.31. The van der Waals surface area contributed by atoms with Gasteiger partial charge in [-0.05, 0) is 18.2 Å². The molecule has 0 amide bonds. The predicted octanol–water partition coefficient (Wildman–Crippen LogP) is 2.66. The summed E-state index contributed by atoms with van der Waals surface area (Å²) in [4.78, 5) is 22.3. The Kier molecular flexibility index (Phi) is 3.40. The minimum atomic E-state index is -4.47. The number of hydrogen-bond donors (Lipinski definition) is 3. The van der Waals surface area contributed by atoms with Crippen molar-refractivity contribution in [2.45, 2.75) is 6.18 Å². The molecular formula is C14H10F3N5O. The van der Waals surface area contributed by atoms with Gasteiger partial charge in [-0.15, -0.1) is 0 Å². The number of hydrogen-bond acceptors (Lipinski definition) is 5. The number of fused-ring (bicyclic) bond motifs is 1. The SMILES string of the molecule is Nc1cc2nc[nH]c(=O)c2c(Nc2cccc(C(F)(F)F)c2)n1.